The molecular weight excluding hydrogens is 294 g/mol. The molecule has 0 amide bonds. The monoisotopic (exact) mass is 315 g/mol. The van der Waals surface area contributed by atoms with E-state index in [-0.39, 0.29) is 12.0 Å². The zero-order chi connectivity index (χ0) is 15.8. The van der Waals surface area contributed by atoms with Crippen LogP contribution < -0.4 is 15.2 Å². The van der Waals surface area contributed by atoms with Gasteiger partial charge in [-0.3, -0.25) is 4.79 Å². The molecular formula is C15H22ClNO4. The van der Waals surface area contributed by atoms with Gasteiger partial charge < -0.3 is 19.9 Å². The second-order valence-electron chi connectivity index (χ2n) is 4.63. The molecule has 0 heterocycles. The molecule has 0 saturated heterocycles. The Balaban J connectivity index is 2.67. The molecule has 1 unspecified atom stereocenters. The fraction of sp³-hybridized carbons (Fsp3) is 0.533. The van der Waals surface area contributed by atoms with Gasteiger partial charge in [0.15, 0.2) is 0 Å². The molecule has 2 N–H and O–H groups in total. The first-order valence-corrected chi connectivity index (χ1v) is 7.15. The molecule has 0 aliphatic carbocycles. The standard InChI is InChI=1S/C15H22ClNO4/c1-19-12-9-8-10(15(21-3)14(12)16)11(17)6-4-5-7-13(18)20-2/h8-9,11H,4-7,17H2,1-3H3. The van der Waals surface area contributed by atoms with Crippen LogP contribution in [0.2, 0.25) is 5.02 Å². The van der Waals surface area contributed by atoms with Crippen molar-refractivity contribution in [3.63, 3.8) is 0 Å². The number of unbranched alkanes of at least 4 members (excludes halogenated alkanes) is 1. The maximum Gasteiger partial charge on any atom is 0.305 e. The lowest BCUT2D eigenvalue weighted by Gasteiger charge is -2.18. The van der Waals surface area contributed by atoms with E-state index in [4.69, 9.17) is 26.8 Å². The minimum Gasteiger partial charge on any atom is -0.495 e. The SMILES string of the molecule is COC(=O)CCCCC(N)c1ccc(OC)c(Cl)c1OC. The number of hydrogen-bond acceptors (Lipinski definition) is 5. The molecule has 1 rings (SSSR count). The number of ether oxygens (including phenoxy) is 3. The number of nitrogens with two attached hydrogens (primary N) is 1. The smallest absolute Gasteiger partial charge is 0.305 e. The minimum atomic E-state index is -0.207. The van der Waals surface area contributed by atoms with Gasteiger partial charge in [0, 0.05) is 18.0 Å². The molecule has 5 nitrogen and oxygen atoms in total. The van der Waals surface area contributed by atoms with Crippen molar-refractivity contribution >= 4 is 17.6 Å². The summed E-state index contributed by atoms with van der Waals surface area (Å²) < 4.78 is 15.1. The van der Waals surface area contributed by atoms with Gasteiger partial charge in [0.2, 0.25) is 0 Å². The molecule has 1 atom stereocenters. The minimum absolute atomic E-state index is 0.200. The first kappa shape index (κ1) is 17.6. The van der Waals surface area contributed by atoms with Crippen LogP contribution in [0.3, 0.4) is 0 Å². The summed E-state index contributed by atoms with van der Waals surface area (Å²) in [6.45, 7) is 0. The molecule has 0 radical (unpaired) electrons. The van der Waals surface area contributed by atoms with E-state index < -0.39 is 0 Å². The average molecular weight is 316 g/mol. The first-order chi connectivity index (χ1) is 10.0. The lowest BCUT2D eigenvalue weighted by Crippen LogP contribution is -2.12. The number of hydrogen-bond donors (Lipinski definition) is 1. The summed E-state index contributed by atoms with van der Waals surface area (Å²) in [5, 5.41) is 0.419. The highest BCUT2D eigenvalue weighted by Crippen LogP contribution is 2.39. The predicted octanol–water partition coefficient (Wildman–Crippen LogP) is 3.09. The van der Waals surface area contributed by atoms with Crippen LogP contribution in [0.4, 0.5) is 0 Å². The Morgan fingerprint density at radius 1 is 1.24 bits per heavy atom. The summed E-state index contributed by atoms with van der Waals surface area (Å²) in [7, 11) is 4.49. The van der Waals surface area contributed by atoms with Crippen LogP contribution in [-0.2, 0) is 9.53 Å². The molecule has 1 aromatic carbocycles. The number of esters is 1. The Morgan fingerprint density at radius 3 is 2.52 bits per heavy atom. The fourth-order valence-corrected chi connectivity index (χ4v) is 2.43. The van der Waals surface area contributed by atoms with Crippen LogP contribution >= 0.6 is 11.6 Å². The molecule has 21 heavy (non-hydrogen) atoms. The van der Waals surface area contributed by atoms with Crippen LogP contribution in [0.25, 0.3) is 0 Å². The van der Waals surface area contributed by atoms with Crippen LogP contribution in [-0.4, -0.2) is 27.3 Å². The Labute approximate surface area is 130 Å². The van der Waals surface area contributed by atoms with Crippen molar-refractivity contribution in [1.29, 1.82) is 0 Å². The van der Waals surface area contributed by atoms with Crippen molar-refractivity contribution in [2.75, 3.05) is 21.3 Å². The largest absolute Gasteiger partial charge is 0.495 e. The van der Waals surface area contributed by atoms with Gasteiger partial charge in [0.1, 0.15) is 16.5 Å². The molecule has 1 aromatic rings. The van der Waals surface area contributed by atoms with E-state index in [0.29, 0.717) is 22.9 Å². The number of rotatable bonds is 8. The molecule has 118 valence electrons. The van der Waals surface area contributed by atoms with Gasteiger partial charge in [-0.25, -0.2) is 0 Å². The van der Waals surface area contributed by atoms with Gasteiger partial charge in [0.05, 0.1) is 21.3 Å². The summed E-state index contributed by atoms with van der Waals surface area (Å²) in [6.07, 6.45) is 2.70. The van der Waals surface area contributed by atoms with E-state index in [1.54, 1.807) is 20.3 Å². The van der Waals surface area contributed by atoms with Gasteiger partial charge in [-0.05, 0) is 25.0 Å². The molecule has 0 fully saturated rings. The lowest BCUT2D eigenvalue weighted by molar-refractivity contribution is -0.140. The topological polar surface area (TPSA) is 70.8 Å². The molecule has 0 spiro atoms. The lowest BCUT2D eigenvalue weighted by atomic mass is 10.00. The summed E-state index contributed by atoms with van der Waals surface area (Å²) >= 11 is 6.21. The highest BCUT2D eigenvalue weighted by molar-refractivity contribution is 6.33. The normalized spacial score (nSPS) is 11.9. The van der Waals surface area contributed by atoms with Gasteiger partial charge in [-0.15, -0.1) is 0 Å². The third-order valence-corrected chi connectivity index (χ3v) is 3.65. The second-order valence-corrected chi connectivity index (χ2v) is 5.01. The Kier molecular flexibility index (Phi) is 7.32. The van der Waals surface area contributed by atoms with Crippen molar-refractivity contribution in [1.82, 2.24) is 0 Å². The van der Waals surface area contributed by atoms with Crippen LogP contribution in [0.15, 0.2) is 12.1 Å². The average Bonchev–Trinajstić information content (AvgIpc) is 2.50. The first-order valence-electron chi connectivity index (χ1n) is 6.77. The number of benzene rings is 1. The second kappa shape index (κ2) is 8.74. The van der Waals surface area contributed by atoms with Gasteiger partial charge >= 0.3 is 5.97 Å². The Hall–Kier alpha value is -1.46. The zero-order valence-corrected chi connectivity index (χ0v) is 13.4. The number of methoxy groups -OCH3 is 3. The van der Waals surface area contributed by atoms with Crippen LogP contribution in [0.1, 0.15) is 37.3 Å². The molecule has 0 aliphatic heterocycles. The van der Waals surface area contributed by atoms with Gasteiger partial charge in [-0.2, -0.15) is 0 Å². The van der Waals surface area contributed by atoms with E-state index in [0.717, 1.165) is 24.8 Å². The van der Waals surface area contributed by atoms with E-state index in [9.17, 15) is 4.79 Å². The third-order valence-electron chi connectivity index (χ3n) is 3.29. The molecule has 0 saturated carbocycles. The number of carbonyl (C=O) groups excluding carboxylic acids is 1. The van der Waals surface area contributed by atoms with Crippen molar-refractivity contribution in [2.45, 2.75) is 31.7 Å². The van der Waals surface area contributed by atoms with Crippen LogP contribution in [0, 0.1) is 0 Å². The number of carbonyl (C=O) groups is 1. The van der Waals surface area contributed by atoms with E-state index in [1.165, 1.54) is 7.11 Å². The third kappa shape index (κ3) is 4.79. The van der Waals surface area contributed by atoms with Crippen molar-refractivity contribution in [3.05, 3.63) is 22.7 Å². The molecule has 0 aliphatic rings. The zero-order valence-electron chi connectivity index (χ0n) is 12.6. The summed E-state index contributed by atoms with van der Waals surface area (Å²) in [4.78, 5) is 11.0. The van der Waals surface area contributed by atoms with Crippen molar-refractivity contribution in [2.24, 2.45) is 5.73 Å². The van der Waals surface area contributed by atoms with Crippen molar-refractivity contribution in [3.8, 4) is 11.5 Å². The van der Waals surface area contributed by atoms with E-state index in [2.05, 4.69) is 4.74 Å². The summed E-state index contributed by atoms with van der Waals surface area (Å²) in [5.74, 6) is 0.889. The fourth-order valence-electron chi connectivity index (χ4n) is 2.10. The Morgan fingerprint density at radius 2 is 1.95 bits per heavy atom. The van der Waals surface area contributed by atoms with Crippen molar-refractivity contribution < 1.29 is 19.0 Å². The Bertz CT molecular complexity index is 479. The maximum atomic E-state index is 11.0. The maximum absolute atomic E-state index is 11.0. The molecule has 0 aromatic heterocycles. The van der Waals surface area contributed by atoms with Gasteiger partial charge in [-0.1, -0.05) is 18.0 Å². The summed E-state index contributed by atoms with van der Waals surface area (Å²) in [5.41, 5.74) is 7.02. The van der Waals surface area contributed by atoms with Gasteiger partial charge in [0.25, 0.3) is 0 Å². The molecule has 6 heteroatoms. The molecule has 0 bridgehead atoms. The van der Waals surface area contributed by atoms with E-state index in [1.807, 2.05) is 6.07 Å². The van der Waals surface area contributed by atoms with Crippen LogP contribution in [0.5, 0.6) is 11.5 Å². The quantitative estimate of drug-likeness (QED) is 0.589. The highest BCUT2D eigenvalue weighted by atomic mass is 35.5. The summed E-state index contributed by atoms with van der Waals surface area (Å²) in [6, 6.07) is 3.42. The predicted molar refractivity (Wildman–Crippen MR) is 82.0 cm³/mol. The van der Waals surface area contributed by atoms with E-state index >= 15 is 0 Å². The highest BCUT2D eigenvalue weighted by Gasteiger charge is 2.18. The number of halogens is 1.